The molecule has 0 saturated heterocycles. The van der Waals surface area contributed by atoms with Crippen LogP contribution in [0.1, 0.15) is 69.2 Å². The van der Waals surface area contributed by atoms with Crippen LogP contribution < -0.4 is 5.32 Å². The number of benzene rings is 2. The average Bonchev–Trinajstić information content (AvgIpc) is 3.36. The number of fused-ring (bicyclic) bond motifs is 1. The van der Waals surface area contributed by atoms with Crippen LogP contribution in [0, 0.1) is 5.92 Å². The van der Waals surface area contributed by atoms with Crippen molar-refractivity contribution in [1.29, 1.82) is 0 Å². The summed E-state index contributed by atoms with van der Waals surface area (Å²) in [7, 11) is -3.95. The van der Waals surface area contributed by atoms with Crippen molar-refractivity contribution in [2.75, 3.05) is 25.0 Å². The molecule has 2 amide bonds. The van der Waals surface area contributed by atoms with Gasteiger partial charge in [-0.15, -0.1) is 11.3 Å². The van der Waals surface area contributed by atoms with E-state index < -0.39 is 10.0 Å². The van der Waals surface area contributed by atoms with Gasteiger partial charge in [-0.3, -0.25) is 9.59 Å². The van der Waals surface area contributed by atoms with E-state index in [0.29, 0.717) is 12.2 Å². The summed E-state index contributed by atoms with van der Waals surface area (Å²) in [5, 5.41) is 4.72. The lowest BCUT2D eigenvalue weighted by Gasteiger charge is -2.38. The van der Waals surface area contributed by atoms with Crippen molar-refractivity contribution < 1.29 is 18.0 Å². The number of thiophene rings is 1. The van der Waals surface area contributed by atoms with Crippen LogP contribution in [0.2, 0.25) is 0 Å². The topological polar surface area (TPSA) is 86.8 Å². The maximum absolute atomic E-state index is 14.0. The first-order valence-corrected chi connectivity index (χ1v) is 15.9. The Morgan fingerprint density at radius 1 is 1.05 bits per heavy atom. The lowest BCUT2D eigenvalue weighted by molar-refractivity contribution is -0.133. The van der Waals surface area contributed by atoms with Crippen LogP contribution in [-0.4, -0.2) is 49.1 Å². The lowest BCUT2D eigenvalue weighted by Crippen LogP contribution is -2.47. The maximum Gasteiger partial charge on any atom is 0.243 e. The molecule has 0 radical (unpaired) electrons. The summed E-state index contributed by atoms with van der Waals surface area (Å²) in [6, 6.07) is 16.3. The molecule has 2 heterocycles. The number of nitrogens with one attached hydrogen (secondary N) is 1. The highest BCUT2D eigenvalue weighted by atomic mass is 32.2. The zero-order chi connectivity index (χ0) is 29.2. The molecule has 40 heavy (non-hydrogen) atoms. The van der Waals surface area contributed by atoms with Crippen LogP contribution in [0.5, 0.6) is 0 Å². The third-order valence-corrected chi connectivity index (χ3v) is 9.89. The predicted octanol–water partition coefficient (Wildman–Crippen LogP) is 5.83. The van der Waals surface area contributed by atoms with Crippen molar-refractivity contribution in [3.63, 3.8) is 0 Å². The van der Waals surface area contributed by atoms with Gasteiger partial charge in [-0.2, -0.15) is 4.31 Å². The molecular formula is C31H39N3O4S2. The van der Waals surface area contributed by atoms with E-state index in [-0.39, 0.29) is 47.2 Å². The maximum atomic E-state index is 14.0. The number of nitrogens with zero attached hydrogens (tertiary/aromatic N) is 2. The Morgan fingerprint density at radius 3 is 2.27 bits per heavy atom. The van der Waals surface area contributed by atoms with Crippen LogP contribution in [0.4, 0.5) is 5.69 Å². The van der Waals surface area contributed by atoms with E-state index in [4.69, 9.17) is 0 Å². The summed E-state index contributed by atoms with van der Waals surface area (Å²) in [4.78, 5) is 28.5. The molecule has 4 rings (SSSR count). The molecule has 1 unspecified atom stereocenters. The number of sulfonamides is 1. The second-order valence-electron chi connectivity index (χ2n) is 11.8. The Labute approximate surface area is 242 Å². The third-order valence-electron chi connectivity index (χ3n) is 7.07. The lowest BCUT2D eigenvalue weighted by atomic mass is 9.85. The fourth-order valence-corrected chi connectivity index (χ4v) is 7.53. The largest absolute Gasteiger partial charge is 0.330 e. The van der Waals surface area contributed by atoms with E-state index in [1.165, 1.54) is 33.8 Å². The number of carbonyl (C=O) groups excluding carboxylic acids is 2. The summed E-state index contributed by atoms with van der Waals surface area (Å²) in [5.41, 5.74) is 3.88. The quantitative estimate of drug-likeness (QED) is 0.363. The zero-order valence-electron chi connectivity index (χ0n) is 24.1. The Hall–Kier alpha value is -3.01. The van der Waals surface area contributed by atoms with E-state index >= 15 is 0 Å². The molecule has 2 aromatic carbocycles. The predicted molar refractivity (Wildman–Crippen MR) is 161 cm³/mol. The van der Waals surface area contributed by atoms with Gasteiger partial charge in [0, 0.05) is 30.6 Å². The molecule has 7 nitrogen and oxygen atoms in total. The fraction of sp³-hybridized carbons (Fsp3) is 0.419. The summed E-state index contributed by atoms with van der Waals surface area (Å²) < 4.78 is 28.7. The molecule has 0 aliphatic carbocycles. The van der Waals surface area contributed by atoms with Gasteiger partial charge in [-0.1, -0.05) is 58.9 Å². The zero-order valence-corrected chi connectivity index (χ0v) is 25.7. The first-order chi connectivity index (χ1) is 18.8. The Morgan fingerprint density at radius 2 is 1.70 bits per heavy atom. The van der Waals surface area contributed by atoms with Gasteiger partial charge in [-0.25, -0.2) is 8.42 Å². The van der Waals surface area contributed by atoms with E-state index in [2.05, 4.69) is 61.8 Å². The molecule has 0 bridgehead atoms. The molecular weight excluding hydrogens is 542 g/mol. The van der Waals surface area contributed by atoms with E-state index in [1.807, 2.05) is 18.7 Å². The molecule has 0 fully saturated rings. The second kappa shape index (κ2) is 11.8. The van der Waals surface area contributed by atoms with Crippen molar-refractivity contribution in [2.45, 2.75) is 64.3 Å². The molecule has 1 N–H and O–H groups in total. The molecule has 1 aromatic heterocycles. The Bertz CT molecular complexity index is 1450. The monoisotopic (exact) mass is 581 g/mol. The SMILES string of the molecule is CC(=O)Nc1ccc(S(=O)(=O)N(CC(=O)N2CCc3sccc3C2c2ccc(C(C)(C)C)cc2)CC(C)C)cc1. The molecule has 3 aromatic rings. The Kier molecular flexibility index (Phi) is 8.87. The standard InChI is InChI=1S/C31H39N3O4S2/c1-21(2)19-33(40(37,38)26-13-11-25(12-14-26)32-22(3)35)20-29(36)34-17-15-28-27(16-18-39-28)30(34)23-7-9-24(10-8-23)31(4,5)6/h7-14,16,18,21,30H,15,17,19-20H2,1-6H3,(H,32,35). The summed E-state index contributed by atoms with van der Waals surface area (Å²) in [6.07, 6.45) is 0.747. The summed E-state index contributed by atoms with van der Waals surface area (Å²) >= 11 is 1.70. The number of anilines is 1. The van der Waals surface area contributed by atoms with Crippen molar-refractivity contribution >= 4 is 38.9 Å². The van der Waals surface area contributed by atoms with Gasteiger partial charge in [0.1, 0.15) is 0 Å². The van der Waals surface area contributed by atoms with Gasteiger partial charge < -0.3 is 10.2 Å². The number of carbonyl (C=O) groups is 2. The molecule has 1 aliphatic heterocycles. The highest BCUT2D eigenvalue weighted by molar-refractivity contribution is 7.89. The third kappa shape index (κ3) is 6.65. The van der Waals surface area contributed by atoms with Crippen molar-refractivity contribution in [3.05, 3.63) is 81.5 Å². The number of rotatable bonds is 8. The van der Waals surface area contributed by atoms with Crippen LogP contribution in [-0.2, 0) is 31.4 Å². The van der Waals surface area contributed by atoms with Gasteiger partial charge in [0.15, 0.2) is 0 Å². The first-order valence-electron chi connectivity index (χ1n) is 13.6. The van der Waals surface area contributed by atoms with Gasteiger partial charge in [0.2, 0.25) is 21.8 Å². The molecule has 1 atom stereocenters. The molecule has 0 saturated carbocycles. The Balaban J connectivity index is 1.64. The minimum absolute atomic E-state index is 0.0141. The van der Waals surface area contributed by atoms with Gasteiger partial charge >= 0.3 is 0 Å². The molecule has 214 valence electrons. The molecule has 1 aliphatic rings. The van der Waals surface area contributed by atoms with Crippen LogP contribution in [0.3, 0.4) is 0 Å². The smallest absolute Gasteiger partial charge is 0.243 e. The van der Waals surface area contributed by atoms with Crippen molar-refractivity contribution in [2.24, 2.45) is 5.92 Å². The number of hydrogen-bond acceptors (Lipinski definition) is 5. The minimum atomic E-state index is -3.95. The number of amides is 2. The van der Waals surface area contributed by atoms with E-state index in [1.54, 1.807) is 23.5 Å². The minimum Gasteiger partial charge on any atom is -0.330 e. The van der Waals surface area contributed by atoms with Gasteiger partial charge in [0.25, 0.3) is 0 Å². The summed E-state index contributed by atoms with van der Waals surface area (Å²) in [6.45, 7) is 12.3. The average molecular weight is 582 g/mol. The fourth-order valence-electron chi connectivity index (χ4n) is 5.07. The van der Waals surface area contributed by atoms with Crippen LogP contribution in [0.15, 0.2) is 64.9 Å². The van der Waals surface area contributed by atoms with E-state index in [9.17, 15) is 18.0 Å². The van der Waals surface area contributed by atoms with Gasteiger partial charge in [-0.05, 0) is 70.2 Å². The van der Waals surface area contributed by atoms with Gasteiger partial charge in [0.05, 0.1) is 17.5 Å². The van der Waals surface area contributed by atoms with Crippen LogP contribution >= 0.6 is 11.3 Å². The normalized spacial score (nSPS) is 15.8. The highest BCUT2D eigenvalue weighted by Gasteiger charge is 2.36. The molecule has 0 spiro atoms. The highest BCUT2D eigenvalue weighted by Crippen LogP contribution is 2.38. The summed E-state index contributed by atoms with van der Waals surface area (Å²) in [5.74, 6) is -0.437. The van der Waals surface area contributed by atoms with E-state index in [0.717, 1.165) is 17.5 Å². The van der Waals surface area contributed by atoms with Crippen molar-refractivity contribution in [3.8, 4) is 0 Å². The second-order valence-corrected chi connectivity index (χ2v) is 14.7. The number of hydrogen-bond donors (Lipinski definition) is 1. The van der Waals surface area contributed by atoms with Crippen LogP contribution in [0.25, 0.3) is 0 Å². The molecule has 9 heteroatoms. The first kappa shape index (κ1) is 30.0. The van der Waals surface area contributed by atoms with Crippen molar-refractivity contribution in [1.82, 2.24) is 9.21 Å².